The second-order valence-electron chi connectivity index (χ2n) is 6.15. The largest absolute Gasteiger partial charge is 0.494 e. The Balaban J connectivity index is 1.81. The Labute approximate surface area is 155 Å². The molecule has 8 heteroatoms. The average molecular weight is 369 g/mol. The summed E-state index contributed by atoms with van der Waals surface area (Å²) in [6.45, 7) is 0.634. The number of nitrogens with one attached hydrogen (secondary N) is 1. The predicted molar refractivity (Wildman–Crippen MR) is 100 cm³/mol. The highest BCUT2D eigenvalue weighted by Gasteiger charge is 2.23. The number of carbonyl (C=O) groups is 2. The van der Waals surface area contributed by atoms with E-state index in [4.69, 9.17) is 4.74 Å². The van der Waals surface area contributed by atoms with E-state index in [1.807, 2.05) is 0 Å². The van der Waals surface area contributed by atoms with Crippen LogP contribution >= 0.6 is 0 Å². The van der Waals surface area contributed by atoms with Gasteiger partial charge in [-0.05, 0) is 31.0 Å². The molecule has 8 nitrogen and oxygen atoms in total. The van der Waals surface area contributed by atoms with Crippen molar-refractivity contribution >= 4 is 28.9 Å². The fourth-order valence-corrected chi connectivity index (χ4v) is 3.00. The van der Waals surface area contributed by atoms with Gasteiger partial charge in [0.15, 0.2) is 0 Å². The Kier molecular flexibility index (Phi) is 5.35. The van der Waals surface area contributed by atoms with Crippen LogP contribution < -0.4 is 15.0 Å². The standard InChI is InChI=1S/C19H19N3O5/c1-27-17-12-14(8-9-16(17)21-10-3-2-7-18(21)23)20-19(24)13-5-4-6-15(11-13)22(25)26/h4-6,8-9,11-12H,2-3,7,10H2,1H3,(H,20,24). The molecule has 140 valence electrons. The molecule has 0 aromatic heterocycles. The third-order valence-corrected chi connectivity index (χ3v) is 4.37. The zero-order chi connectivity index (χ0) is 19.4. The number of piperidine rings is 1. The van der Waals surface area contributed by atoms with Crippen LogP contribution in [0.15, 0.2) is 42.5 Å². The first-order chi connectivity index (χ1) is 13.0. The fraction of sp³-hybridized carbons (Fsp3) is 0.263. The van der Waals surface area contributed by atoms with Gasteiger partial charge in [0.05, 0.1) is 17.7 Å². The van der Waals surface area contributed by atoms with Crippen molar-refractivity contribution in [3.8, 4) is 5.75 Å². The lowest BCUT2D eigenvalue weighted by Crippen LogP contribution is -2.35. The summed E-state index contributed by atoms with van der Waals surface area (Å²) >= 11 is 0. The molecular weight excluding hydrogens is 350 g/mol. The SMILES string of the molecule is COc1cc(NC(=O)c2cccc([N+](=O)[O-])c2)ccc1N1CCCCC1=O. The highest BCUT2D eigenvalue weighted by molar-refractivity contribution is 6.05. The molecule has 0 atom stereocenters. The second-order valence-corrected chi connectivity index (χ2v) is 6.15. The smallest absolute Gasteiger partial charge is 0.270 e. The number of benzene rings is 2. The lowest BCUT2D eigenvalue weighted by Gasteiger charge is -2.28. The van der Waals surface area contributed by atoms with E-state index in [9.17, 15) is 19.7 Å². The van der Waals surface area contributed by atoms with Crippen molar-refractivity contribution in [3.63, 3.8) is 0 Å². The van der Waals surface area contributed by atoms with Crippen molar-refractivity contribution in [2.24, 2.45) is 0 Å². The highest BCUT2D eigenvalue weighted by atomic mass is 16.6. The van der Waals surface area contributed by atoms with Crippen LogP contribution in [0.4, 0.5) is 17.1 Å². The van der Waals surface area contributed by atoms with Gasteiger partial charge in [0.25, 0.3) is 11.6 Å². The number of nitro benzene ring substituents is 1. The second kappa shape index (κ2) is 7.86. The number of nitrogens with zero attached hydrogens (tertiary/aromatic N) is 2. The Morgan fingerprint density at radius 1 is 1.22 bits per heavy atom. The zero-order valence-corrected chi connectivity index (χ0v) is 14.8. The Morgan fingerprint density at radius 3 is 2.74 bits per heavy atom. The summed E-state index contributed by atoms with van der Waals surface area (Å²) < 4.78 is 5.39. The van der Waals surface area contributed by atoms with Crippen molar-refractivity contribution in [1.29, 1.82) is 0 Å². The molecule has 2 aromatic carbocycles. The van der Waals surface area contributed by atoms with Gasteiger partial charge in [-0.2, -0.15) is 0 Å². The maximum atomic E-state index is 12.4. The number of nitro groups is 1. The molecule has 2 aromatic rings. The van der Waals surface area contributed by atoms with Crippen LogP contribution in [0.25, 0.3) is 0 Å². The van der Waals surface area contributed by atoms with Gasteiger partial charge in [-0.25, -0.2) is 0 Å². The van der Waals surface area contributed by atoms with E-state index in [0.717, 1.165) is 12.8 Å². The molecule has 0 aliphatic carbocycles. The van der Waals surface area contributed by atoms with Gasteiger partial charge in [-0.1, -0.05) is 6.07 Å². The van der Waals surface area contributed by atoms with Gasteiger partial charge >= 0.3 is 0 Å². The lowest BCUT2D eigenvalue weighted by molar-refractivity contribution is -0.384. The van der Waals surface area contributed by atoms with E-state index in [0.29, 0.717) is 30.1 Å². The van der Waals surface area contributed by atoms with E-state index < -0.39 is 10.8 Å². The molecule has 0 saturated carbocycles. The van der Waals surface area contributed by atoms with Crippen molar-refractivity contribution in [1.82, 2.24) is 0 Å². The predicted octanol–water partition coefficient (Wildman–Crippen LogP) is 3.37. The quantitative estimate of drug-likeness (QED) is 0.643. The molecule has 0 spiro atoms. The van der Waals surface area contributed by atoms with Crippen LogP contribution in [-0.4, -0.2) is 30.4 Å². The summed E-state index contributed by atoms with van der Waals surface area (Å²) in [5, 5.41) is 13.6. The first-order valence-electron chi connectivity index (χ1n) is 8.54. The number of carbonyl (C=O) groups excluding carboxylic acids is 2. The molecule has 27 heavy (non-hydrogen) atoms. The van der Waals surface area contributed by atoms with E-state index in [1.165, 1.54) is 31.4 Å². The summed E-state index contributed by atoms with van der Waals surface area (Å²) in [6, 6.07) is 10.5. The summed E-state index contributed by atoms with van der Waals surface area (Å²) in [7, 11) is 1.50. The van der Waals surface area contributed by atoms with Gasteiger partial charge in [0, 0.05) is 42.4 Å². The van der Waals surface area contributed by atoms with Crippen molar-refractivity contribution in [2.45, 2.75) is 19.3 Å². The highest BCUT2D eigenvalue weighted by Crippen LogP contribution is 2.33. The van der Waals surface area contributed by atoms with Crippen molar-refractivity contribution in [3.05, 3.63) is 58.1 Å². The van der Waals surface area contributed by atoms with E-state index >= 15 is 0 Å². The molecule has 1 heterocycles. The van der Waals surface area contributed by atoms with Crippen molar-refractivity contribution in [2.75, 3.05) is 23.9 Å². The normalized spacial score (nSPS) is 14.0. The summed E-state index contributed by atoms with van der Waals surface area (Å²) in [4.78, 5) is 36.5. The number of methoxy groups -OCH3 is 1. The molecule has 1 saturated heterocycles. The molecule has 0 radical (unpaired) electrons. The summed E-state index contributed by atoms with van der Waals surface area (Å²) in [6.07, 6.45) is 2.32. The first-order valence-corrected chi connectivity index (χ1v) is 8.54. The molecule has 1 aliphatic heterocycles. The number of hydrogen-bond donors (Lipinski definition) is 1. The van der Waals surface area contributed by atoms with Gasteiger partial charge in [-0.15, -0.1) is 0 Å². The maximum Gasteiger partial charge on any atom is 0.270 e. The fourth-order valence-electron chi connectivity index (χ4n) is 3.00. The van der Waals surface area contributed by atoms with Crippen molar-refractivity contribution < 1.29 is 19.2 Å². The topological polar surface area (TPSA) is 102 Å². The number of hydrogen-bond acceptors (Lipinski definition) is 5. The van der Waals surface area contributed by atoms with Gasteiger partial charge < -0.3 is 15.0 Å². The minimum absolute atomic E-state index is 0.0490. The maximum absolute atomic E-state index is 12.4. The van der Waals surface area contributed by atoms with E-state index in [-0.39, 0.29) is 17.2 Å². The van der Waals surface area contributed by atoms with Gasteiger partial charge in [-0.3, -0.25) is 19.7 Å². The number of non-ortho nitro benzene ring substituents is 1. The Bertz CT molecular complexity index is 897. The molecule has 2 amide bonds. The van der Waals surface area contributed by atoms with Gasteiger partial charge in [0.2, 0.25) is 5.91 Å². The zero-order valence-electron chi connectivity index (χ0n) is 14.8. The van der Waals surface area contributed by atoms with E-state index in [1.54, 1.807) is 23.1 Å². The molecule has 1 fully saturated rings. The number of anilines is 2. The summed E-state index contributed by atoms with van der Waals surface area (Å²) in [5.74, 6) is 0.0533. The van der Waals surface area contributed by atoms with Crippen LogP contribution in [-0.2, 0) is 4.79 Å². The monoisotopic (exact) mass is 369 g/mol. The summed E-state index contributed by atoms with van der Waals surface area (Å²) in [5.41, 5.74) is 1.16. The first kappa shape index (κ1) is 18.4. The molecular formula is C19H19N3O5. The minimum atomic E-state index is -0.551. The van der Waals surface area contributed by atoms with Gasteiger partial charge in [0.1, 0.15) is 5.75 Å². The third-order valence-electron chi connectivity index (χ3n) is 4.37. The average Bonchev–Trinajstić information content (AvgIpc) is 2.68. The Hall–Kier alpha value is -3.42. The van der Waals surface area contributed by atoms with Crippen LogP contribution in [0.1, 0.15) is 29.6 Å². The van der Waals surface area contributed by atoms with Crippen LogP contribution in [0.2, 0.25) is 0 Å². The molecule has 0 bridgehead atoms. The lowest BCUT2D eigenvalue weighted by atomic mass is 10.1. The number of rotatable bonds is 5. The number of ether oxygens (including phenoxy) is 1. The van der Waals surface area contributed by atoms with Crippen LogP contribution in [0, 0.1) is 10.1 Å². The molecule has 1 N–H and O–H groups in total. The van der Waals surface area contributed by atoms with Crippen LogP contribution in [0.3, 0.4) is 0 Å². The molecule has 3 rings (SSSR count). The van der Waals surface area contributed by atoms with Crippen LogP contribution in [0.5, 0.6) is 5.75 Å². The third kappa shape index (κ3) is 4.05. The molecule has 1 aliphatic rings. The Morgan fingerprint density at radius 2 is 2.04 bits per heavy atom. The number of amides is 2. The molecule has 0 unspecified atom stereocenters. The minimum Gasteiger partial charge on any atom is -0.494 e. The van der Waals surface area contributed by atoms with E-state index in [2.05, 4.69) is 5.32 Å².